The highest BCUT2D eigenvalue weighted by molar-refractivity contribution is 7.89. The molecule has 2 aromatic carbocycles. The molecule has 2 aliphatic heterocycles. The minimum Gasteiger partial charge on any atom is -0.486 e. The Morgan fingerprint density at radius 3 is 2.38 bits per heavy atom. The zero-order valence-corrected chi connectivity index (χ0v) is 20.4. The number of amides is 1. The van der Waals surface area contributed by atoms with Gasteiger partial charge in [-0.2, -0.15) is 9.30 Å². The molecule has 180 valence electrons. The van der Waals surface area contributed by atoms with Crippen molar-refractivity contribution in [3.63, 3.8) is 0 Å². The maximum atomic E-state index is 13.0. The fourth-order valence-corrected chi connectivity index (χ4v) is 6.46. The van der Waals surface area contributed by atoms with Gasteiger partial charge in [-0.1, -0.05) is 18.3 Å². The highest BCUT2D eigenvalue weighted by atomic mass is 32.2. The van der Waals surface area contributed by atoms with Crippen LogP contribution in [0.1, 0.15) is 23.7 Å². The number of sulfonamides is 1. The van der Waals surface area contributed by atoms with Gasteiger partial charge in [-0.3, -0.25) is 4.79 Å². The topological polar surface area (TPSA) is 99.4 Å². The van der Waals surface area contributed by atoms with Crippen LogP contribution < -0.4 is 14.3 Å². The van der Waals surface area contributed by atoms with E-state index in [4.69, 9.17) is 14.2 Å². The van der Waals surface area contributed by atoms with Crippen LogP contribution in [0.4, 0.5) is 0 Å². The SMILES string of the molecule is CCCn1c(=NC(=O)c2ccc(S(=O)(=O)N3CCOCC3)cc2)sc2cc3c(cc21)OCCO3. The number of carbonyl (C=O) groups is 1. The second-order valence-corrected chi connectivity index (χ2v) is 10.9. The molecule has 3 heterocycles. The van der Waals surface area contributed by atoms with Crippen molar-refractivity contribution < 1.29 is 27.4 Å². The van der Waals surface area contributed by atoms with E-state index < -0.39 is 15.9 Å². The van der Waals surface area contributed by atoms with Crippen molar-refractivity contribution in [2.24, 2.45) is 4.99 Å². The minimum atomic E-state index is -3.62. The second kappa shape index (κ2) is 9.49. The summed E-state index contributed by atoms with van der Waals surface area (Å²) >= 11 is 1.41. The highest BCUT2D eigenvalue weighted by Gasteiger charge is 2.26. The summed E-state index contributed by atoms with van der Waals surface area (Å²) in [7, 11) is -3.62. The lowest BCUT2D eigenvalue weighted by Crippen LogP contribution is -2.40. The summed E-state index contributed by atoms with van der Waals surface area (Å²) in [6.07, 6.45) is 0.871. The fourth-order valence-electron chi connectivity index (χ4n) is 3.99. The standard InChI is InChI=1S/C23H25N3O6S2/c1-2-7-26-18-14-19-20(32-13-12-31-19)15-21(18)33-23(26)24-22(27)16-3-5-17(6-4-16)34(28,29)25-8-10-30-11-9-25/h3-6,14-15H,2,7-13H2,1H3. The molecule has 3 aromatic rings. The monoisotopic (exact) mass is 503 g/mol. The van der Waals surface area contributed by atoms with Gasteiger partial charge in [0.25, 0.3) is 5.91 Å². The van der Waals surface area contributed by atoms with Crippen LogP contribution in [0.15, 0.2) is 46.3 Å². The summed E-state index contributed by atoms with van der Waals surface area (Å²) in [6.45, 7) is 5.17. The van der Waals surface area contributed by atoms with Gasteiger partial charge >= 0.3 is 0 Å². The first-order valence-corrected chi connectivity index (χ1v) is 13.4. The van der Waals surface area contributed by atoms with Gasteiger partial charge in [-0.05, 0) is 30.7 Å². The number of rotatable bonds is 5. The quantitative estimate of drug-likeness (QED) is 0.531. The lowest BCUT2D eigenvalue weighted by atomic mass is 10.2. The molecule has 0 unspecified atom stereocenters. The summed E-state index contributed by atoms with van der Waals surface area (Å²) < 4.78 is 46.7. The largest absolute Gasteiger partial charge is 0.486 e. The zero-order valence-electron chi connectivity index (χ0n) is 18.7. The number of morpholine rings is 1. The van der Waals surface area contributed by atoms with E-state index in [9.17, 15) is 13.2 Å². The molecule has 0 spiro atoms. The summed E-state index contributed by atoms with van der Waals surface area (Å²) in [5.41, 5.74) is 1.27. The van der Waals surface area contributed by atoms with Crippen LogP contribution in [-0.4, -0.2) is 62.7 Å². The molecule has 0 radical (unpaired) electrons. The van der Waals surface area contributed by atoms with E-state index in [2.05, 4.69) is 11.9 Å². The number of nitrogens with zero attached hydrogens (tertiary/aromatic N) is 3. The molecule has 9 nitrogen and oxygen atoms in total. The maximum absolute atomic E-state index is 13.0. The van der Waals surface area contributed by atoms with Crippen LogP contribution in [0.3, 0.4) is 0 Å². The molecule has 1 fully saturated rings. The van der Waals surface area contributed by atoms with Gasteiger partial charge in [0.1, 0.15) is 13.2 Å². The third kappa shape index (κ3) is 4.36. The maximum Gasteiger partial charge on any atom is 0.279 e. The molecule has 0 atom stereocenters. The van der Waals surface area contributed by atoms with Gasteiger partial charge in [-0.15, -0.1) is 0 Å². The molecular weight excluding hydrogens is 478 g/mol. The number of fused-ring (bicyclic) bond motifs is 2. The van der Waals surface area contributed by atoms with Gasteiger partial charge in [-0.25, -0.2) is 8.42 Å². The molecule has 1 saturated heterocycles. The van der Waals surface area contributed by atoms with E-state index in [1.807, 2.05) is 16.7 Å². The van der Waals surface area contributed by atoms with Gasteiger partial charge in [0.2, 0.25) is 10.0 Å². The summed E-state index contributed by atoms with van der Waals surface area (Å²) in [6, 6.07) is 9.80. The van der Waals surface area contributed by atoms with Crippen molar-refractivity contribution in [3.8, 4) is 11.5 Å². The molecule has 1 amide bonds. The van der Waals surface area contributed by atoms with Crippen molar-refractivity contribution in [2.75, 3.05) is 39.5 Å². The Morgan fingerprint density at radius 2 is 1.71 bits per heavy atom. The molecule has 1 aromatic heterocycles. The normalized spacial score (nSPS) is 17.3. The van der Waals surface area contributed by atoms with Crippen LogP contribution in [0, 0.1) is 0 Å². The number of aromatic nitrogens is 1. The van der Waals surface area contributed by atoms with Crippen molar-refractivity contribution in [1.82, 2.24) is 8.87 Å². The first kappa shape index (κ1) is 23.0. The van der Waals surface area contributed by atoms with Gasteiger partial charge in [0, 0.05) is 37.3 Å². The first-order chi connectivity index (χ1) is 16.5. The molecule has 34 heavy (non-hydrogen) atoms. The van der Waals surface area contributed by atoms with Crippen molar-refractivity contribution in [3.05, 3.63) is 46.8 Å². The van der Waals surface area contributed by atoms with E-state index in [-0.39, 0.29) is 4.90 Å². The number of hydrogen-bond donors (Lipinski definition) is 0. The van der Waals surface area contributed by atoms with E-state index in [0.29, 0.717) is 67.9 Å². The van der Waals surface area contributed by atoms with Gasteiger partial charge < -0.3 is 18.8 Å². The molecule has 0 aliphatic carbocycles. The van der Waals surface area contributed by atoms with E-state index >= 15 is 0 Å². The first-order valence-electron chi connectivity index (χ1n) is 11.2. The average Bonchev–Trinajstić information content (AvgIpc) is 3.19. The molecule has 0 N–H and O–H groups in total. The predicted molar refractivity (Wildman–Crippen MR) is 127 cm³/mol. The predicted octanol–water partition coefficient (Wildman–Crippen LogP) is 2.65. The molecule has 2 aliphatic rings. The van der Waals surface area contributed by atoms with Crippen LogP contribution >= 0.6 is 11.3 Å². The van der Waals surface area contributed by atoms with E-state index in [1.165, 1.54) is 39.9 Å². The highest BCUT2D eigenvalue weighted by Crippen LogP contribution is 2.35. The Morgan fingerprint density at radius 1 is 1.03 bits per heavy atom. The Balaban J connectivity index is 1.47. The van der Waals surface area contributed by atoms with Crippen molar-refractivity contribution >= 4 is 37.5 Å². The van der Waals surface area contributed by atoms with Crippen molar-refractivity contribution in [1.29, 1.82) is 0 Å². The Bertz CT molecular complexity index is 1390. The van der Waals surface area contributed by atoms with E-state index in [0.717, 1.165) is 16.6 Å². The van der Waals surface area contributed by atoms with Gasteiger partial charge in [0.15, 0.2) is 16.3 Å². The molecule has 0 saturated carbocycles. The molecule has 11 heteroatoms. The Kier molecular flexibility index (Phi) is 6.43. The molecule has 5 rings (SSSR count). The number of thiazole rings is 1. The average molecular weight is 504 g/mol. The number of hydrogen-bond acceptors (Lipinski definition) is 7. The van der Waals surface area contributed by atoms with Crippen molar-refractivity contribution in [2.45, 2.75) is 24.8 Å². The summed E-state index contributed by atoms with van der Waals surface area (Å²) in [5, 5.41) is 0. The number of carbonyl (C=O) groups excluding carboxylic acids is 1. The third-order valence-electron chi connectivity index (χ3n) is 5.70. The number of aryl methyl sites for hydroxylation is 1. The minimum absolute atomic E-state index is 0.152. The second-order valence-electron chi connectivity index (χ2n) is 7.96. The number of benzene rings is 2. The summed E-state index contributed by atoms with van der Waals surface area (Å²) in [4.78, 5) is 18.1. The smallest absolute Gasteiger partial charge is 0.279 e. The lowest BCUT2D eigenvalue weighted by Gasteiger charge is -2.26. The van der Waals surface area contributed by atoms with Gasteiger partial charge in [0.05, 0.1) is 28.3 Å². The fraction of sp³-hybridized carbons (Fsp3) is 0.391. The molecule has 0 bridgehead atoms. The zero-order chi connectivity index (χ0) is 23.7. The van der Waals surface area contributed by atoms with Crippen LogP contribution in [-0.2, 0) is 21.3 Å². The summed E-state index contributed by atoms with van der Waals surface area (Å²) in [5.74, 6) is 0.957. The lowest BCUT2D eigenvalue weighted by molar-refractivity contribution is 0.0730. The molecular formula is C23H25N3O6S2. The van der Waals surface area contributed by atoms with Crippen LogP contribution in [0.5, 0.6) is 11.5 Å². The number of ether oxygens (including phenoxy) is 3. The van der Waals surface area contributed by atoms with Crippen LogP contribution in [0.2, 0.25) is 0 Å². The Hall–Kier alpha value is -2.73. The Labute approximate surface area is 201 Å². The van der Waals surface area contributed by atoms with E-state index in [1.54, 1.807) is 0 Å². The van der Waals surface area contributed by atoms with Crippen LogP contribution in [0.25, 0.3) is 10.2 Å². The third-order valence-corrected chi connectivity index (χ3v) is 8.65.